The highest BCUT2D eigenvalue weighted by atomic mass is 16.6. The van der Waals surface area contributed by atoms with E-state index in [1.54, 1.807) is 18.2 Å². The Morgan fingerprint density at radius 1 is 1.22 bits per heavy atom. The summed E-state index contributed by atoms with van der Waals surface area (Å²) in [7, 11) is 2.72. The molecule has 96 valence electrons. The lowest BCUT2D eigenvalue weighted by Crippen LogP contribution is -2.16. The number of primary amides is 1. The number of amides is 1. The summed E-state index contributed by atoms with van der Waals surface area (Å²) in [6.45, 7) is 0. The molecule has 6 heteroatoms. The molecule has 0 saturated heterocycles. The molecule has 0 unspecified atom stereocenters. The van der Waals surface area contributed by atoms with E-state index in [9.17, 15) is 9.59 Å². The van der Waals surface area contributed by atoms with Crippen LogP contribution in [-0.2, 0) is 9.53 Å². The molecular weight excluding hydrogens is 238 g/mol. The van der Waals surface area contributed by atoms with Crippen molar-refractivity contribution in [3.63, 3.8) is 0 Å². The topological polar surface area (TPSA) is 87.9 Å². The van der Waals surface area contributed by atoms with Crippen LogP contribution in [0.25, 0.3) is 6.08 Å². The first-order chi connectivity index (χ1) is 8.56. The van der Waals surface area contributed by atoms with E-state index >= 15 is 0 Å². The number of nitrogens with two attached hydrogens (primary N) is 1. The molecule has 1 aromatic carbocycles. The number of methoxy groups -OCH3 is 2. The SMILES string of the molecule is COC(=O)C=Cc1ccc(OC(N)=O)c(OC)c1. The lowest BCUT2D eigenvalue weighted by atomic mass is 10.2. The molecule has 18 heavy (non-hydrogen) atoms. The van der Waals surface area contributed by atoms with Crippen LogP contribution in [0.4, 0.5) is 4.79 Å². The summed E-state index contributed by atoms with van der Waals surface area (Å²) < 4.78 is 14.2. The van der Waals surface area contributed by atoms with Gasteiger partial charge < -0.3 is 19.9 Å². The molecule has 0 heterocycles. The van der Waals surface area contributed by atoms with Crippen molar-refractivity contribution in [1.29, 1.82) is 0 Å². The van der Waals surface area contributed by atoms with Crippen LogP contribution >= 0.6 is 0 Å². The summed E-state index contributed by atoms with van der Waals surface area (Å²) in [6.07, 6.45) is 1.89. The third-order valence-corrected chi connectivity index (χ3v) is 2.01. The standard InChI is InChI=1S/C12H13NO5/c1-16-10-7-8(4-6-11(14)17-2)3-5-9(10)18-12(13)15/h3-7H,1-2H3,(H2,13,15). The first kappa shape index (κ1) is 13.6. The van der Waals surface area contributed by atoms with Gasteiger partial charge in [0.2, 0.25) is 0 Å². The quantitative estimate of drug-likeness (QED) is 0.644. The Labute approximate surface area is 104 Å². The normalized spacial score (nSPS) is 10.1. The minimum Gasteiger partial charge on any atom is -0.493 e. The van der Waals surface area contributed by atoms with Crippen LogP contribution in [-0.4, -0.2) is 26.3 Å². The lowest BCUT2D eigenvalue weighted by Gasteiger charge is -2.07. The van der Waals surface area contributed by atoms with Gasteiger partial charge in [-0.15, -0.1) is 0 Å². The van der Waals surface area contributed by atoms with Crippen molar-refractivity contribution in [3.8, 4) is 11.5 Å². The van der Waals surface area contributed by atoms with Crippen LogP contribution in [0.2, 0.25) is 0 Å². The molecule has 0 atom stereocenters. The number of hydrogen-bond acceptors (Lipinski definition) is 5. The van der Waals surface area contributed by atoms with Crippen molar-refractivity contribution in [1.82, 2.24) is 0 Å². The summed E-state index contributed by atoms with van der Waals surface area (Å²) in [4.78, 5) is 21.6. The van der Waals surface area contributed by atoms with E-state index in [2.05, 4.69) is 4.74 Å². The van der Waals surface area contributed by atoms with E-state index in [0.29, 0.717) is 11.3 Å². The predicted octanol–water partition coefficient (Wildman–Crippen LogP) is 1.34. The van der Waals surface area contributed by atoms with Gasteiger partial charge in [-0.25, -0.2) is 9.59 Å². The van der Waals surface area contributed by atoms with Crippen molar-refractivity contribution in [3.05, 3.63) is 29.8 Å². The number of benzene rings is 1. The zero-order valence-corrected chi connectivity index (χ0v) is 10.0. The van der Waals surface area contributed by atoms with Crippen LogP contribution in [0.1, 0.15) is 5.56 Å². The van der Waals surface area contributed by atoms with Gasteiger partial charge >= 0.3 is 12.1 Å². The summed E-state index contributed by atoms with van der Waals surface area (Å²) in [6, 6.07) is 4.75. The van der Waals surface area contributed by atoms with Gasteiger partial charge in [0, 0.05) is 6.08 Å². The molecule has 0 bridgehead atoms. The third kappa shape index (κ3) is 3.82. The minimum atomic E-state index is -0.925. The molecule has 0 aliphatic carbocycles. The molecule has 0 aliphatic rings. The fourth-order valence-electron chi connectivity index (χ4n) is 1.21. The van der Waals surface area contributed by atoms with Gasteiger partial charge in [-0.3, -0.25) is 0 Å². The molecule has 1 amide bonds. The molecule has 6 nitrogen and oxygen atoms in total. The molecule has 2 N–H and O–H groups in total. The number of esters is 1. The molecule has 0 aliphatic heterocycles. The van der Waals surface area contributed by atoms with E-state index in [1.807, 2.05) is 0 Å². The Kier molecular flexibility index (Phi) is 4.74. The molecule has 1 rings (SSSR count). The summed E-state index contributed by atoms with van der Waals surface area (Å²) in [5.41, 5.74) is 5.60. The van der Waals surface area contributed by atoms with E-state index in [4.69, 9.17) is 15.2 Å². The van der Waals surface area contributed by atoms with Crippen LogP contribution < -0.4 is 15.2 Å². The van der Waals surface area contributed by atoms with Gasteiger partial charge in [0.1, 0.15) is 0 Å². The summed E-state index contributed by atoms with van der Waals surface area (Å²) in [5, 5.41) is 0. The van der Waals surface area contributed by atoms with Crippen LogP contribution in [0.5, 0.6) is 11.5 Å². The van der Waals surface area contributed by atoms with Gasteiger partial charge in [0.05, 0.1) is 14.2 Å². The fourth-order valence-corrected chi connectivity index (χ4v) is 1.21. The van der Waals surface area contributed by atoms with Crippen molar-refractivity contribution < 1.29 is 23.8 Å². The van der Waals surface area contributed by atoms with Gasteiger partial charge in [0.15, 0.2) is 11.5 Å². The van der Waals surface area contributed by atoms with Crippen molar-refractivity contribution >= 4 is 18.1 Å². The fraction of sp³-hybridized carbons (Fsp3) is 0.167. The second-order valence-corrected chi connectivity index (χ2v) is 3.19. The van der Waals surface area contributed by atoms with Crippen molar-refractivity contribution in [2.75, 3.05) is 14.2 Å². The first-order valence-electron chi connectivity index (χ1n) is 4.98. The lowest BCUT2D eigenvalue weighted by molar-refractivity contribution is -0.134. The number of carbonyl (C=O) groups is 2. The van der Waals surface area contributed by atoms with E-state index in [1.165, 1.54) is 26.4 Å². The highest BCUT2D eigenvalue weighted by Crippen LogP contribution is 2.28. The average Bonchev–Trinajstić information content (AvgIpc) is 2.36. The molecule has 0 saturated carbocycles. The monoisotopic (exact) mass is 251 g/mol. The Bertz CT molecular complexity index is 481. The van der Waals surface area contributed by atoms with Crippen LogP contribution in [0.15, 0.2) is 24.3 Å². The highest BCUT2D eigenvalue weighted by Gasteiger charge is 2.07. The van der Waals surface area contributed by atoms with E-state index in [0.717, 1.165) is 0 Å². The Morgan fingerprint density at radius 2 is 1.94 bits per heavy atom. The molecule has 1 aromatic rings. The maximum atomic E-state index is 10.9. The Morgan fingerprint density at radius 3 is 2.50 bits per heavy atom. The van der Waals surface area contributed by atoms with Crippen molar-refractivity contribution in [2.45, 2.75) is 0 Å². The largest absolute Gasteiger partial charge is 0.493 e. The van der Waals surface area contributed by atoms with Gasteiger partial charge in [0.25, 0.3) is 0 Å². The van der Waals surface area contributed by atoms with E-state index < -0.39 is 12.1 Å². The number of rotatable bonds is 4. The van der Waals surface area contributed by atoms with Gasteiger partial charge in [-0.05, 0) is 23.8 Å². The first-order valence-corrected chi connectivity index (χ1v) is 4.98. The zero-order chi connectivity index (χ0) is 13.5. The molecule has 0 aromatic heterocycles. The third-order valence-electron chi connectivity index (χ3n) is 2.01. The number of hydrogen-bond donors (Lipinski definition) is 1. The van der Waals surface area contributed by atoms with Crippen molar-refractivity contribution in [2.24, 2.45) is 5.73 Å². The minimum absolute atomic E-state index is 0.209. The maximum absolute atomic E-state index is 10.9. The molecule has 0 fully saturated rings. The maximum Gasteiger partial charge on any atom is 0.410 e. The Hall–Kier alpha value is -2.50. The van der Waals surface area contributed by atoms with Crippen LogP contribution in [0.3, 0.4) is 0 Å². The van der Waals surface area contributed by atoms with Gasteiger partial charge in [-0.2, -0.15) is 0 Å². The highest BCUT2D eigenvalue weighted by molar-refractivity contribution is 5.87. The second-order valence-electron chi connectivity index (χ2n) is 3.19. The Balaban J connectivity index is 2.94. The summed E-state index contributed by atoms with van der Waals surface area (Å²) >= 11 is 0. The predicted molar refractivity (Wildman–Crippen MR) is 64.3 cm³/mol. The van der Waals surface area contributed by atoms with Gasteiger partial charge in [-0.1, -0.05) is 6.07 Å². The van der Waals surface area contributed by atoms with E-state index in [-0.39, 0.29) is 5.75 Å². The zero-order valence-electron chi connectivity index (χ0n) is 10.0. The summed E-state index contributed by atoms with van der Waals surface area (Å²) in [5.74, 6) is 0.0764. The molecule has 0 radical (unpaired) electrons. The number of ether oxygens (including phenoxy) is 3. The number of carbonyl (C=O) groups excluding carboxylic acids is 2. The average molecular weight is 251 g/mol. The molecular formula is C12H13NO5. The second kappa shape index (κ2) is 6.29. The smallest absolute Gasteiger partial charge is 0.410 e. The van der Waals surface area contributed by atoms with Crippen LogP contribution in [0, 0.1) is 0 Å². The molecule has 0 spiro atoms.